The standard InChI is InChI=1S/C114H75N/c1-4-28-76(29-5-1)52-55-79-64-73-106(91-37-13-10-34-88(79)91)112-100-46-22-16-40-94(100)109(95-41-17-23-47-101(95)112)82-58-67-85(68-59-82)115(86-69-60-83(61-70-86)110-96-42-18-24-48-102(96)113(103-49-25-19-43-97(103)110)107-74-65-80(89-35-11-14-38-92(89)107)56-53-77-30-6-2-7-31-77)87-71-62-84(63-72-87)111-98-44-20-26-50-104(98)114(105-51-27-21-45-99(105)111)108-75-66-81(90-36-12-15-39-93(90)108)57-54-78-32-8-3-9-33-78/h1-75H/b55-52+,56-53+,57-54+. The van der Waals surface area contributed by atoms with Crippen LogP contribution in [0.3, 0.4) is 0 Å². The van der Waals surface area contributed by atoms with E-state index in [1.807, 2.05) is 0 Å². The van der Waals surface area contributed by atoms with E-state index in [1.54, 1.807) is 0 Å². The molecular weight excluding hydrogens is 1380 g/mol. The Bertz CT molecular complexity index is 6570. The summed E-state index contributed by atoms with van der Waals surface area (Å²) in [5.74, 6) is 0. The predicted octanol–water partition coefficient (Wildman–Crippen LogP) is 32.0. The first-order valence-electron chi connectivity index (χ1n) is 39.8. The number of nitrogens with zero attached hydrogens (tertiary/aromatic N) is 1. The molecule has 0 unspecified atom stereocenters. The van der Waals surface area contributed by atoms with E-state index in [1.165, 1.54) is 180 Å². The van der Waals surface area contributed by atoms with E-state index < -0.39 is 0 Å². The van der Waals surface area contributed by atoms with Crippen LogP contribution in [0.25, 0.3) is 200 Å². The predicted molar refractivity (Wildman–Crippen MR) is 497 cm³/mol. The Morgan fingerprint density at radius 3 is 0.530 bits per heavy atom. The summed E-state index contributed by atoms with van der Waals surface area (Å²) in [6.45, 7) is 0. The quantitative estimate of drug-likeness (QED) is 0.0730. The Hall–Kier alpha value is -15.0. The minimum absolute atomic E-state index is 1.05. The lowest BCUT2D eigenvalue weighted by atomic mass is 9.84. The lowest BCUT2D eigenvalue weighted by molar-refractivity contribution is 1.28. The highest BCUT2D eigenvalue weighted by atomic mass is 15.1. The van der Waals surface area contributed by atoms with E-state index in [2.05, 4.69) is 460 Å². The molecule has 1 nitrogen and oxygen atoms in total. The summed E-state index contributed by atoms with van der Waals surface area (Å²) >= 11 is 0. The van der Waals surface area contributed by atoms with Gasteiger partial charge in [0.15, 0.2) is 0 Å². The van der Waals surface area contributed by atoms with Crippen molar-refractivity contribution in [3.63, 3.8) is 0 Å². The first-order chi connectivity index (χ1) is 57.1. The normalized spacial score (nSPS) is 11.9. The molecule has 0 aliphatic heterocycles. The number of hydrogen-bond acceptors (Lipinski definition) is 1. The van der Waals surface area contributed by atoms with Crippen LogP contribution in [0.4, 0.5) is 17.1 Å². The Balaban J connectivity index is 0.702. The van der Waals surface area contributed by atoms with Gasteiger partial charge >= 0.3 is 0 Å². The molecule has 21 rings (SSSR count). The molecule has 0 heterocycles. The van der Waals surface area contributed by atoms with Crippen LogP contribution < -0.4 is 4.90 Å². The number of fused-ring (bicyclic) bond motifs is 9. The zero-order valence-corrected chi connectivity index (χ0v) is 63.2. The number of hydrogen-bond donors (Lipinski definition) is 0. The van der Waals surface area contributed by atoms with E-state index in [4.69, 9.17) is 0 Å². The maximum Gasteiger partial charge on any atom is 0.0462 e. The summed E-state index contributed by atoms with van der Waals surface area (Å²) < 4.78 is 0. The summed E-state index contributed by atoms with van der Waals surface area (Å²) in [5, 5.41) is 21.9. The minimum Gasteiger partial charge on any atom is -0.311 e. The molecule has 0 atom stereocenters. The monoisotopic (exact) mass is 1460 g/mol. The Morgan fingerprint density at radius 2 is 0.313 bits per heavy atom. The molecule has 0 aliphatic carbocycles. The van der Waals surface area contributed by atoms with Crippen LogP contribution in [-0.4, -0.2) is 0 Å². The second-order valence-corrected chi connectivity index (χ2v) is 30.0. The van der Waals surface area contributed by atoms with Crippen LogP contribution in [0.2, 0.25) is 0 Å². The van der Waals surface area contributed by atoms with Gasteiger partial charge in [-0.2, -0.15) is 0 Å². The van der Waals surface area contributed by atoms with Crippen LogP contribution in [0.5, 0.6) is 0 Å². The second-order valence-electron chi connectivity index (χ2n) is 30.0. The van der Waals surface area contributed by atoms with E-state index >= 15 is 0 Å². The molecule has 0 fully saturated rings. The van der Waals surface area contributed by atoms with Gasteiger partial charge in [0.05, 0.1) is 0 Å². The first-order valence-corrected chi connectivity index (χ1v) is 39.8. The smallest absolute Gasteiger partial charge is 0.0462 e. The molecule has 21 aromatic rings. The van der Waals surface area contributed by atoms with Gasteiger partial charge in [0, 0.05) is 17.1 Å². The lowest BCUT2D eigenvalue weighted by Gasteiger charge is -2.27. The van der Waals surface area contributed by atoms with Gasteiger partial charge in [-0.05, 0) is 233 Å². The van der Waals surface area contributed by atoms with Crippen LogP contribution in [0, 0.1) is 0 Å². The van der Waals surface area contributed by atoms with Gasteiger partial charge in [0.25, 0.3) is 0 Å². The SMILES string of the molecule is C(=C\c1ccc(-c2c3ccccc3c(-c3ccc(N(c4ccc(-c5c6ccccc6c(-c6ccc(/C=C/c7ccccc7)c7ccccc67)c6ccccc56)cc4)c4ccc(-c5c6ccccc6c(-c6ccc(/C=C/c7ccccc7)c7ccccc67)c6ccccc56)cc4)cc3)c3ccccc23)c2ccccc12)/c1ccccc1. The van der Waals surface area contributed by atoms with Crippen molar-refractivity contribution in [2.24, 2.45) is 0 Å². The molecule has 0 saturated carbocycles. The van der Waals surface area contributed by atoms with Crippen molar-refractivity contribution < 1.29 is 0 Å². The lowest BCUT2D eigenvalue weighted by Crippen LogP contribution is -2.10. The Kier molecular flexibility index (Phi) is 17.4. The van der Waals surface area contributed by atoms with Crippen LogP contribution in [-0.2, 0) is 0 Å². The fraction of sp³-hybridized carbons (Fsp3) is 0. The zero-order chi connectivity index (χ0) is 76.1. The molecule has 0 amide bonds. The van der Waals surface area contributed by atoms with E-state index in [0.29, 0.717) is 0 Å². The van der Waals surface area contributed by atoms with Crippen molar-refractivity contribution in [3.8, 4) is 66.8 Å². The zero-order valence-electron chi connectivity index (χ0n) is 63.2. The van der Waals surface area contributed by atoms with E-state index in [0.717, 1.165) is 33.8 Å². The van der Waals surface area contributed by atoms with Crippen molar-refractivity contribution >= 4 is 150 Å². The van der Waals surface area contributed by atoms with Crippen LogP contribution >= 0.6 is 0 Å². The van der Waals surface area contributed by atoms with Crippen molar-refractivity contribution in [1.29, 1.82) is 0 Å². The molecule has 0 spiro atoms. The number of anilines is 3. The molecule has 0 bridgehead atoms. The van der Waals surface area contributed by atoms with Crippen molar-refractivity contribution in [2.75, 3.05) is 4.90 Å². The molecule has 0 aromatic heterocycles. The van der Waals surface area contributed by atoms with Gasteiger partial charge in [0.1, 0.15) is 0 Å². The summed E-state index contributed by atoms with van der Waals surface area (Å²) in [6.07, 6.45) is 13.4. The molecule has 0 saturated heterocycles. The molecule has 0 N–H and O–H groups in total. The molecule has 0 radical (unpaired) electrons. The molecular formula is C114H75N. The Morgan fingerprint density at radius 1 is 0.130 bits per heavy atom. The highest BCUT2D eigenvalue weighted by Gasteiger charge is 2.25. The highest BCUT2D eigenvalue weighted by molar-refractivity contribution is 6.27. The van der Waals surface area contributed by atoms with Crippen molar-refractivity contribution in [2.45, 2.75) is 0 Å². The Labute approximate surface area is 669 Å². The largest absolute Gasteiger partial charge is 0.311 e. The fourth-order valence-electron chi connectivity index (χ4n) is 18.3. The third-order valence-electron chi connectivity index (χ3n) is 23.5. The summed E-state index contributed by atoms with van der Waals surface area (Å²) in [4.78, 5) is 2.44. The maximum absolute atomic E-state index is 2.44. The highest BCUT2D eigenvalue weighted by Crippen LogP contribution is 2.52. The van der Waals surface area contributed by atoms with Gasteiger partial charge in [0.2, 0.25) is 0 Å². The molecule has 115 heavy (non-hydrogen) atoms. The molecule has 21 aromatic carbocycles. The summed E-state index contributed by atoms with van der Waals surface area (Å²) in [6, 6.07) is 155. The van der Waals surface area contributed by atoms with E-state index in [-0.39, 0.29) is 0 Å². The van der Waals surface area contributed by atoms with Gasteiger partial charge in [-0.15, -0.1) is 0 Å². The summed E-state index contributed by atoms with van der Waals surface area (Å²) in [7, 11) is 0. The van der Waals surface area contributed by atoms with Gasteiger partial charge < -0.3 is 4.90 Å². The maximum atomic E-state index is 2.44. The van der Waals surface area contributed by atoms with Crippen molar-refractivity contribution in [1.82, 2.24) is 0 Å². The first kappa shape index (κ1) is 68.0. The fourth-order valence-corrected chi connectivity index (χ4v) is 18.3. The van der Waals surface area contributed by atoms with E-state index in [9.17, 15) is 0 Å². The van der Waals surface area contributed by atoms with Crippen LogP contribution in [0.1, 0.15) is 33.4 Å². The second kappa shape index (κ2) is 29.3. The summed E-state index contributed by atoms with van der Waals surface area (Å²) in [5.41, 5.74) is 24.7. The molecule has 0 aliphatic rings. The van der Waals surface area contributed by atoms with Gasteiger partial charge in [-0.1, -0.05) is 419 Å². The van der Waals surface area contributed by atoms with Crippen molar-refractivity contribution in [3.05, 3.63) is 452 Å². The topological polar surface area (TPSA) is 3.24 Å². The molecule has 536 valence electrons. The minimum atomic E-state index is 1.05. The van der Waals surface area contributed by atoms with Gasteiger partial charge in [-0.3, -0.25) is 0 Å². The van der Waals surface area contributed by atoms with Crippen LogP contribution in [0.15, 0.2) is 419 Å². The third-order valence-corrected chi connectivity index (χ3v) is 23.5. The average molecular weight is 1460 g/mol. The van der Waals surface area contributed by atoms with Gasteiger partial charge in [-0.25, -0.2) is 0 Å². The molecule has 1 heteroatoms. The number of benzene rings is 21. The number of rotatable bonds is 15. The average Bonchev–Trinajstić information content (AvgIpc) is 0.734. The third kappa shape index (κ3) is 12.2.